The van der Waals surface area contributed by atoms with Gasteiger partial charge < -0.3 is 9.32 Å². The maximum atomic E-state index is 6.19. The van der Waals surface area contributed by atoms with Crippen molar-refractivity contribution in [2.75, 3.05) is 4.90 Å². The third-order valence-corrected chi connectivity index (χ3v) is 10.0. The highest BCUT2D eigenvalue weighted by Crippen LogP contribution is 2.42. The summed E-state index contributed by atoms with van der Waals surface area (Å²) in [5.74, 6) is 0. The lowest BCUT2D eigenvalue weighted by Crippen LogP contribution is -2.09. The number of hydrogen-bond acceptors (Lipinski definition) is 2. The van der Waals surface area contributed by atoms with Crippen LogP contribution in [-0.4, -0.2) is 0 Å². The Balaban J connectivity index is 1.09. The summed E-state index contributed by atoms with van der Waals surface area (Å²) < 4.78 is 6.19. The molecule has 8 aromatic carbocycles. The molecule has 0 fully saturated rings. The van der Waals surface area contributed by atoms with Crippen molar-refractivity contribution in [2.45, 2.75) is 0 Å². The van der Waals surface area contributed by atoms with Crippen molar-refractivity contribution in [3.63, 3.8) is 0 Å². The topological polar surface area (TPSA) is 16.4 Å². The van der Waals surface area contributed by atoms with E-state index in [1.807, 2.05) is 12.1 Å². The molecule has 0 unspecified atom stereocenters. The van der Waals surface area contributed by atoms with E-state index in [4.69, 9.17) is 4.42 Å². The minimum atomic E-state index is 0.890. The highest BCUT2D eigenvalue weighted by Gasteiger charge is 2.18. The number of fused-ring (bicyclic) bond motifs is 3. The molecule has 0 aliphatic heterocycles. The van der Waals surface area contributed by atoms with Gasteiger partial charge in [-0.25, -0.2) is 0 Å². The largest absolute Gasteiger partial charge is 0.456 e. The summed E-state index contributed by atoms with van der Waals surface area (Å²) in [6.45, 7) is 0. The van der Waals surface area contributed by atoms with Crippen LogP contribution in [0.2, 0.25) is 0 Å². The molecular weight excluding hydrogens is 607 g/mol. The van der Waals surface area contributed by atoms with Crippen LogP contribution in [0.5, 0.6) is 0 Å². The molecule has 234 valence electrons. The zero-order chi connectivity index (χ0) is 33.0. The van der Waals surface area contributed by atoms with Crippen molar-refractivity contribution in [3.8, 4) is 33.4 Å². The molecule has 1 aliphatic rings. The van der Waals surface area contributed by atoms with E-state index >= 15 is 0 Å². The maximum absolute atomic E-state index is 6.19. The maximum Gasteiger partial charge on any atom is 0.135 e. The summed E-state index contributed by atoms with van der Waals surface area (Å²) in [5, 5.41) is 4.85. The summed E-state index contributed by atoms with van der Waals surface area (Å²) in [7, 11) is 0. The molecule has 0 bridgehead atoms. The van der Waals surface area contributed by atoms with Gasteiger partial charge in [-0.15, -0.1) is 0 Å². The third-order valence-electron chi connectivity index (χ3n) is 10.0. The normalized spacial score (nSPS) is 11.9. The van der Waals surface area contributed by atoms with Crippen molar-refractivity contribution < 1.29 is 4.42 Å². The zero-order valence-electron chi connectivity index (χ0n) is 27.3. The van der Waals surface area contributed by atoms with Gasteiger partial charge in [0, 0.05) is 27.8 Å². The first-order valence-corrected chi connectivity index (χ1v) is 17.1. The van der Waals surface area contributed by atoms with Gasteiger partial charge >= 0.3 is 0 Å². The second-order valence-corrected chi connectivity index (χ2v) is 13.0. The van der Waals surface area contributed by atoms with Crippen molar-refractivity contribution in [3.05, 3.63) is 187 Å². The van der Waals surface area contributed by atoms with Gasteiger partial charge in [-0.2, -0.15) is 0 Å². The monoisotopic (exact) mass is 637 g/mol. The van der Waals surface area contributed by atoms with Gasteiger partial charge in [0.15, 0.2) is 0 Å². The van der Waals surface area contributed by atoms with Crippen molar-refractivity contribution in [1.82, 2.24) is 0 Å². The Morgan fingerprint density at radius 1 is 0.340 bits per heavy atom. The van der Waals surface area contributed by atoms with E-state index in [0.29, 0.717) is 0 Å². The highest BCUT2D eigenvalue weighted by atomic mass is 16.3. The highest BCUT2D eigenvalue weighted by molar-refractivity contribution is 6.12. The number of benzene rings is 8. The molecular formula is C48H31NO. The Kier molecular flexibility index (Phi) is 6.53. The minimum Gasteiger partial charge on any atom is -0.456 e. The third kappa shape index (κ3) is 4.73. The van der Waals surface area contributed by atoms with Gasteiger partial charge in [-0.05, 0) is 116 Å². The number of anilines is 3. The predicted molar refractivity (Wildman–Crippen MR) is 211 cm³/mol. The number of para-hydroxylation sites is 1. The fraction of sp³-hybridized carbons (Fsp3) is 0. The number of nitrogens with zero attached hydrogens (tertiary/aromatic N) is 1. The van der Waals surface area contributed by atoms with Crippen LogP contribution in [0, 0.1) is 0 Å². The molecule has 2 nitrogen and oxygen atoms in total. The van der Waals surface area contributed by atoms with E-state index in [0.717, 1.165) is 39.0 Å². The number of furan rings is 1. The summed E-state index contributed by atoms with van der Waals surface area (Å²) >= 11 is 0. The van der Waals surface area contributed by atoms with Crippen LogP contribution in [0.3, 0.4) is 0 Å². The SMILES string of the molecule is C1=Cc2cc(-c3ccc(N(c4ccc(-c5ccccc5)cc4)c4ccc5oc6ccccc6c5c4)cc3)cc3c(-c4ccccc4)ccc1c23. The molecule has 0 radical (unpaired) electrons. The van der Waals surface area contributed by atoms with Crippen molar-refractivity contribution >= 4 is 61.9 Å². The van der Waals surface area contributed by atoms with Crippen LogP contribution in [0.15, 0.2) is 180 Å². The number of hydrogen-bond donors (Lipinski definition) is 0. The number of rotatable bonds is 6. The van der Waals surface area contributed by atoms with Crippen LogP contribution >= 0.6 is 0 Å². The standard InChI is InChI=1S/C48H31NO/c1-3-9-32(10-4-1)33-17-22-39(23-18-33)49(41-26-28-47-44(31-41)43-13-7-8-14-46(43)50-47)40-24-19-34(20-25-40)38-29-37-16-15-36-21-27-42(45(30-38)48(36)37)35-11-5-2-6-12-35/h1-31H. The minimum absolute atomic E-state index is 0.890. The second kappa shape index (κ2) is 11.5. The molecule has 0 spiro atoms. The Hall–Kier alpha value is -6.64. The van der Waals surface area contributed by atoms with Crippen LogP contribution in [0.4, 0.5) is 17.1 Å². The van der Waals surface area contributed by atoms with Gasteiger partial charge in [-0.3, -0.25) is 0 Å². The summed E-state index contributed by atoms with van der Waals surface area (Å²) in [6, 6.07) is 63.1. The van der Waals surface area contributed by atoms with E-state index < -0.39 is 0 Å². The molecule has 50 heavy (non-hydrogen) atoms. The van der Waals surface area contributed by atoms with E-state index in [2.05, 4.69) is 181 Å². The molecule has 0 amide bonds. The van der Waals surface area contributed by atoms with Crippen LogP contribution in [-0.2, 0) is 0 Å². The molecule has 1 heterocycles. The summed E-state index contributed by atoms with van der Waals surface area (Å²) in [5.41, 5.74) is 14.9. The van der Waals surface area contributed by atoms with Gasteiger partial charge in [0.05, 0.1) is 0 Å². The van der Waals surface area contributed by atoms with Crippen molar-refractivity contribution in [1.29, 1.82) is 0 Å². The Bertz CT molecular complexity index is 2720. The first-order chi connectivity index (χ1) is 24.8. The molecule has 10 rings (SSSR count). The lowest BCUT2D eigenvalue weighted by atomic mass is 9.91. The fourth-order valence-electron chi connectivity index (χ4n) is 7.57. The molecule has 1 aromatic heterocycles. The lowest BCUT2D eigenvalue weighted by Gasteiger charge is -2.26. The molecule has 0 atom stereocenters. The average molecular weight is 638 g/mol. The predicted octanol–water partition coefficient (Wildman–Crippen LogP) is 13.7. The van der Waals surface area contributed by atoms with Crippen LogP contribution in [0.25, 0.3) is 78.2 Å². The van der Waals surface area contributed by atoms with Crippen LogP contribution in [0.1, 0.15) is 11.1 Å². The average Bonchev–Trinajstić information content (AvgIpc) is 3.78. The van der Waals surface area contributed by atoms with Gasteiger partial charge in [0.25, 0.3) is 0 Å². The van der Waals surface area contributed by atoms with E-state index in [-0.39, 0.29) is 0 Å². The molecule has 0 saturated carbocycles. The van der Waals surface area contributed by atoms with E-state index in [1.54, 1.807) is 0 Å². The molecule has 9 aromatic rings. The van der Waals surface area contributed by atoms with Gasteiger partial charge in [0.2, 0.25) is 0 Å². The summed E-state index contributed by atoms with van der Waals surface area (Å²) in [6.07, 6.45) is 4.49. The van der Waals surface area contributed by atoms with E-state index in [9.17, 15) is 0 Å². The Morgan fingerprint density at radius 3 is 1.66 bits per heavy atom. The Labute approximate surface area is 290 Å². The molecule has 2 heteroatoms. The lowest BCUT2D eigenvalue weighted by molar-refractivity contribution is 0.669. The molecule has 0 N–H and O–H groups in total. The van der Waals surface area contributed by atoms with Gasteiger partial charge in [-0.1, -0.05) is 127 Å². The molecule has 0 saturated heterocycles. The Morgan fingerprint density at radius 2 is 0.920 bits per heavy atom. The fourth-order valence-corrected chi connectivity index (χ4v) is 7.57. The van der Waals surface area contributed by atoms with Gasteiger partial charge in [0.1, 0.15) is 11.2 Å². The first-order valence-electron chi connectivity index (χ1n) is 17.1. The first kappa shape index (κ1) is 28.4. The van der Waals surface area contributed by atoms with Crippen LogP contribution < -0.4 is 4.90 Å². The quantitative estimate of drug-likeness (QED) is 0.180. The van der Waals surface area contributed by atoms with Crippen molar-refractivity contribution in [2.24, 2.45) is 0 Å². The zero-order valence-corrected chi connectivity index (χ0v) is 27.3. The van der Waals surface area contributed by atoms with E-state index in [1.165, 1.54) is 55.3 Å². The summed E-state index contributed by atoms with van der Waals surface area (Å²) in [4.78, 5) is 2.34. The second-order valence-electron chi connectivity index (χ2n) is 13.0. The smallest absolute Gasteiger partial charge is 0.135 e. The molecule has 1 aliphatic carbocycles.